The molecule has 2 fully saturated rings. The van der Waals surface area contributed by atoms with Gasteiger partial charge in [0, 0.05) is 6.42 Å². The molecular formula is C14H18O5. The number of carbonyl (C=O) groups excluding carboxylic acids is 3. The van der Waals surface area contributed by atoms with Crippen LogP contribution in [0.3, 0.4) is 0 Å². The first-order valence-corrected chi connectivity index (χ1v) is 6.19. The van der Waals surface area contributed by atoms with E-state index in [9.17, 15) is 14.4 Å². The highest BCUT2D eigenvalue weighted by Crippen LogP contribution is 2.61. The minimum Gasteiger partial charge on any atom is -0.468 e. The lowest BCUT2D eigenvalue weighted by atomic mass is 9.79. The monoisotopic (exact) mass is 266 g/mol. The van der Waals surface area contributed by atoms with Gasteiger partial charge in [-0.25, -0.2) is 0 Å². The normalized spacial score (nSPS) is 32.1. The Morgan fingerprint density at radius 3 is 2.21 bits per heavy atom. The standard InChI is InChI=1S/C14H18O5/c1-8-9-5-14(11(16)18-3,12(17)19-4)7-13(9,2)6-10(8)15/h9H,1,5-7H2,2-4H3/t9-,13-/m1/s1. The van der Waals surface area contributed by atoms with Crippen LogP contribution in [0, 0.1) is 16.7 Å². The van der Waals surface area contributed by atoms with Crippen LogP contribution in [0.4, 0.5) is 0 Å². The second-order valence-electron chi connectivity index (χ2n) is 5.78. The van der Waals surface area contributed by atoms with Crippen molar-refractivity contribution >= 4 is 17.7 Å². The van der Waals surface area contributed by atoms with E-state index >= 15 is 0 Å². The number of esters is 2. The Hall–Kier alpha value is -1.65. The maximum Gasteiger partial charge on any atom is 0.323 e. The van der Waals surface area contributed by atoms with E-state index in [1.165, 1.54) is 14.2 Å². The number of carbonyl (C=O) groups is 3. The van der Waals surface area contributed by atoms with E-state index in [0.29, 0.717) is 12.0 Å². The summed E-state index contributed by atoms with van der Waals surface area (Å²) in [4.78, 5) is 35.9. The van der Waals surface area contributed by atoms with Crippen molar-refractivity contribution in [1.29, 1.82) is 0 Å². The first kappa shape index (κ1) is 13.8. The summed E-state index contributed by atoms with van der Waals surface area (Å²) in [5, 5.41) is 0. The molecule has 0 aromatic heterocycles. The van der Waals surface area contributed by atoms with Crippen molar-refractivity contribution in [2.45, 2.75) is 26.2 Å². The van der Waals surface area contributed by atoms with Crippen molar-refractivity contribution in [2.75, 3.05) is 14.2 Å². The minimum atomic E-state index is -1.30. The van der Waals surface area contributed by atoms with Crippen LogP contribution in [0.15, 0.2) is 12.2 Å². The molecule has 104 valence electrons. The number of ether oxygens (including phenoxy) is 2. The van der Waals surface area contributed by atoms with Crippen LogP contribution in [0.2, 0.25) is 0 Å². The lowest BCUT2D eigenvalue weighted by Crippen LogP contribution is -2.40. The van der Waals surface area contributed by atoms with Crippen molar-refractivity contribution < 1.29 is 23.9 Å². The highest BCUT2D eigenvalue weighted by Gasteiger charge is 2.65. The van der Waals surface area contributed by atoms with Gasteiger partial charge in [-0.05, 0) is 29.7 Å². The maximum absolute atomic E-state index is 12.1. The van der Waals surface area contributed by atoms with Gasteiger partial charge in [-0.1, -0.05) is 13.5 Å². The largest absolute Gasteiger partial charge is 0.468 e. The summed E-state index contributed by atoms with van der Waals surface area (Å²) in [7, 11) is 2.51. The molecule has 2 atom stereocenters. The molecule has 0 bridgehead atoms. The SMILES string of the molecule is C=C1C(=O)C[C@]2(C)CC(C(=O)OC)(C(=O)OC)C[C@H]12. The minimum absolute atomic E-state index is 0.0239. The summed E-state index contributed by atoms with van der Waals surface area (Å²) in [5.74, 6) is -1.31. The molecule has 2 saturated carbocycles. The zero-order chi connectivity index (χ0) is 14.4. The molecule has 2 aliphatic rings. The average molecular weight is 266 g/mol. The van der Waals surface area contributed by atoms with Gasteiger partial charge in [-0.3, -0.25) is 14.4 Å². The van der Waals surface area contributed by atoms with Crippen LogP contribution in [-0.4, -0.2) is 31.9 Å². The summed E-state index contributed by atoms with van der Waals surface area (Å²) in [6.45, 7) is 5.72. The molecule has 0 saturated heterocycles. The van der Waals surface area contributed by atoms with Gasteiger partial charge in [0.15, 0.2) is 11.2 Å². The van der Waals surface area contributed by atoms with Gasteiger partial charge in [0.2, 0.25) is 0 Å². The van der Waals surface area contributed by atoms with Crippen molar-refractivity contribution in [3.05, 3.63) is 12.2 Å². The van der Waals surface area contributed by atoms with Gasteiger partial charge in [0.25, 0.3) is 0 Å². The second kappa shape index (κ2) is 4.18. The molecule has 0 N–H and O–H groups in total. The Morgan fingerprint density at radius 1 is 1.26 bits per heavy atom. The van der Waals surface area contributed by atoms with Crippen molar-refractivity contribution in [3.8, 4) is 0 Å². The number of fused-ring (bicyclic) bond motifs is 1. The number of hydrogen-bond acceptors (Lipinski definition) is 5. The topological polar surface area (TPSA) is 69.7 Å². The third kappa shape index (κ3) is 1.71. The van der Waals surface area contributed by atoms with Gasteiger partial charge >= 0.3 is 11.9 Å². The van der Waals surface area contributed by atoms with E-state index in [1.807, 2.05) is 6.92 Å². The Labute approximate surface area is 111 Å². The van der Waals surface area contributed by atoms with Gasteiger partial charge in [-0.2, -0.15) is 0 Å². The molecule has 5 nitrogen and oxygen atoms in total. The molecule has 0 aromatic carbocycles. The predicted molar refractivity (Wildman–Crippen MR) is 66.1 cm³/mol. The quantitative estimate of drug-likeness (QED) is 0.427. The zero-order valence-corrected chi connectivity index (χ0v) is 11.4. The van der Waals surface area contributed by atoms with Crippen LogP contribution >= 0.6 is 0 Å². The summed E-state index contributed by atoms with van der Waals surface area (Å²) >= 11 is 0. The van der Waals surface area contributed by atoms with Gasteiger partial charge in [0.05, 0.1) is 14.2 Å². The van der Waals surface area contributed by atoms with Crippen LogP contribution in [0.1, 0.15) is 26.2 Å². The number of allylic oxidation sites excluding steroid dienone is 1. The summed E-state index contributed by atoms with van der Waals surface area (Å²) in [6, 6.07) is 0. The van der Waals surface area contributed by atoms with E-state index < -0.39 is 22.8 Å². The molecular weight excluding hydrogens is 248 g/mol. The summed E-state index contributed by atoms with van der Waals surface area (Å²) in [6.07, 6.45) is 0.842. The molecule has 2 aliphatic carbocycles. The molecule has 0 heterocycles. The average Bonchev–Trinajstić information content (AvgIpc) is 2.79. The highest BCUT2D eigenvalue weighted by atomic mass is 16.5. The van der Waals surface area contributed by atoms with Crippen molar-refractivity contribution in [3.63, 3.8) is 0 Å². The maximum atomic E-state index is 12.1. The van der Waals surface area contributed by atoms with Crippen LogP contribution in [0.25, 0.3) is 0 Å². The van der Waals surface area contributed by atoms with E-state index in [2.05, 4.69) is 6.58 Å². The molecule has 2 rings (SSSR count). The fourth-order valence-corrected chi connectivity index (χ4v) is 3.67. The molecule has 5 heteroatoms. The Balaban J connectivity index is 2.42. The van der Waals surface area contributed by atoms with Gasteiger partial charge in [0.1, 0.15) is 0 Å². The molecule has 19 heavy (non-hydrogen) atoms. The lowest BCUT2D eigenvalue weighted by molar-refractivity contribution is -0.169. The first-order chi connectivity index (χ1) is 8.80. The molecule has 0 spiro atoms. The molecule has 0 unspecified atom stereocenters. The fraction of sp³-hybridized carbons (Fsp3) is 0.643. The lowest BCUT2D eigenvalue weighted by Gasteiger charge is -2.26. The van der Waals surface area contributed by atoms with E-state index in [-0.39, 0.29) is 24.5 Å². The third-order valence-electron chi connectivity index (χ3n) is 4.59. The number of methoxy groups -OCH3 is 2. The fourth-order valence-electron chi connectivity index (χ4n) is 3.67. The van der Waals surface area contributed by atoms with Crippen LogP contribution in [0.5, 0.6) is 0 Å². The number of rotatable bonds is 2. The molecule has 0 amide bonds. The van der Waals surface area contributed by atoms with Crippen LogP contribution in [-0.2, 0) is 23.9 Å². The smallest absolute Gasteiger partial charge is 0.323 e. The first-order valence-electron chi connectivity index (χ1n) is 6.19. The summed E-state index contributed by atoms with van der Waals surface area (Å²) < 4.78 is 9.56. The Morgan fingerprint density at radius 2 is 1.79 bits per heavy atom. The van der Waals surface area contributed by atoms with Crippen molar-refractivity contribution in [1.82, 2.24) is 0 Å². The van der Waals surface area contributed by atoms with Crippen LogP contribution < -0.4 is 0 Å². The number of hydrogen-bond donors (Lipinski definition) is 0. The van der Waals surface area contributed by atoms with E-state index in [1.54, 1.807) is 0 Å². The molecule has 0 aliphatic heterocycles. The second-order valence-corrected chi connectivity index (χ2v) is 5.78. The van der Waals surface area contributed by atoms with E-state index in [0.717, 1.165) is 0 Å². The zero-order valence-electron chi connectivity index (χ0n) is 11.4. The molecule has 0 radical (unpaired) electrons. The summed E-state index contributed by atoms with van der Waals surface area (Å²) in [5.41, 5.74) is -1.19. The Kier molecular flexibility index (Phi) is 3.03. The highest BCUT2D eigenvalue weighted by molar-refractivity contribution is 6.03. The molecule has 0 aromatic rings. The number of ketones is 1. The van der Waals surface area contributed by atoms with Crippen molar-refractivity contribution in [2.24, 2.45) is 16.7 Å². The third-order valence-corrected chi connectivity index (χ3v) is 4.59. The van der Waals surface area contributed by atoms with E-state index in [4.69, 9.17) is 9.47 Å². The Bertz CT molecular complexity index is 462. The van der Waals surface area contributed by atoms with Gasteiger partial charge < -0.3 is 9.47 Å². The predicted octanol–water partition coefficient (Wildman–Crippen LogP) is 1.26. The number of Topliss-reactive ketones (excluding diaryl/α,β-unsaturated/α-hetero) is 1. The van der Waals surface area contributed by atoms with Gasteiger partial charge in [-0.15, -0.1) is 0 Å².